The molecule has 6 heteroatoms. The number of anilines is 1. The van der Waals surface area contributed by atoms with Gasteiger partial charge in [0.2, 0.25) is 0 Å². The molecule has 116 valence electrons. The summed E-state index contributed by atoms with van der Waals surface area (Å²) in [6, 6.07) is 1.78. The van der Waals surface area contributed by atoms with E-state index < -0.39 is 5.97 Å². The summed E-state index contributed by atoms with van der Waals surface area (Å²) < 4.78 is 6.76. The molecule has 0 atom stereocenters. The van der Waals surface area contributed by atoms with Gasteiger partial charge in [-0.15, -0.1) is 0 Å². The quantitative estimate of drug-likeness (QED) is 0.809. The van der Waals surface area contributed by atoms with Crippen molar-refractivity contribution < 1.29 is 14.3 Å². The molecule has 1 aliphatic rings. The largest absolute Gasteiger partial charge is 0.451 e. The lowest BCUT2D eigenvalue weighted by Crippen LogP contribution is -2.38. The highest BCUT2D eigenvalue weighted by molar-refractivity contribution is 5.91. The number of nitrogen functional groups attached to an aromatic ring is 1. The zero-order valence-electron chi connectivity index (χ0n) is 12.4. The first-order valence-electron chi connectivity index (χ1n) is 7.52. The molecule has 0 bridgehead atoms. The monoisotopic (exact) mass is 293 g/mol. The SMILES string of the molecule is CCn1cc(N)cc1C(=O)OCC(=O)NC1CCCCC1. The molecule has 1 saturated carbocycles. The van der Waals surface area contributed by atoms with Gasteiger partial charge in [0.15, 0.2) is 6.61 Å². The van der Waals surface area contributed by atoms with E-state index in [4.69, 9.17) is 10.5 Å². The summed E-state index contributed by atoms with van der Waals surface area (Å²) in [5.41, 5.74) is 6.55. The van der Waals surface area contributed by atoms with Crippen molar-refractivity contribution >= 4 is 17.6 Å². The minimum atomic E-state index is -0.521. The molecule has 1 aliphatic carbocycles. The van der Waals surface area contributed by atoms with Crippen LogP contribution in [-0.4, -0.2) is 29.1 Å². The van der Waals surface area contributed by atoms with Crippen LogP contribution in [0.25, 0.3) is 0 Å². The van der Waals surface area contributed by atoms with E-state index in [0.29, 0.717) is 17.9 Å². The van der Waals surface area contributed by atoms with E-state index in [9.17, 15) is 9.59 Å². The summed E-state index contributed by atoms with van der Waals surface area (Å²) >= 11 is 0. The average Bonchev–Trinajstić information content (AvgIpc) is 2.87. The maximum absolute atomic E-state index is 12.0. The lowest BCUT2D eigenvalue weighted by molar-refractivity contribution is -0.125. The molecule has 0 aliphatic heterocycles. The highest BCUT2D eigenvalue weighted by Gasteiger charge is 2.18. The van der Waals surface area contributed by atoms with E-state index in [0.717, 1.165) is 25.7 Å². The van der Waals surface area contributed by atoms with E-state index in [1.54, 1.807) is 16.8 Å². The Morgan fingerprint density at radius 2 is 2.10 bits per heavy atom. The third-order valence-electron chi connectivity index (χ3n) is 3.77. The van der Waals surface area contributed by atoms with E-state index in [2.05, 4.69) is 5.32 Å². The second kappa shape index (κ2) is 7.15. The lowest BCUT2D eigenvalue weighted by atomic mass is 9.95. The zero-order chi connectivity index (χ0) is 15.2. The molecular formula is C15H23N3O3. The predicted octanol–water partition coefficient (Wildman–Crippen LogP) is 1.70. The van der Waals surface area contributed by atoms with E-state index >= 15 is 0 Å². The van der Waals surface area contributed by atoms with E-state index in [-0.39, 0.29) is 18.6 Å². The van der Waals surface area contributed by atoms with E-state index in [1.807, 2.05) is 6.92 Å². The first-order chi connectivity index (χ1) is 10.1. The van der Waals surface area contributed by atoms with Crippen LogP contribution in [0, 0.1) is 0 Å². The molecule has 2 rings (SSSR count). The van der Waals surface area contributed by atoms with Gasteiger partial charge in [0, 0.05) is 18.8 Å². The van der Waals surface area contributed by atoms with Gasteiger partial charge in [-0.1, -0.05) is 19.3 Å². The molecular weight excluding hydrogens is 270 g/mol. The number of aryl methyl sites for hydroxylation is 1. The molecule has 1 aromatic heterocycles. The number of hydrogen-bond acceptors (Lipinski definition) is 4. The Morgan fingerprint density at radius 1 is 1.38 bits per heavy atom. The topological polar surface area (TPSA) is 86.3 Å². The third kappa shape index (κ3) is 4.24. The van der Waals surface area contributed by atoms with Gasteiger partial charge >= 0.3 is 5.97 Å². The molecule has 21 heavy (non-hydrogen) atoms. The van der Waals surface area contributed by atoms with Crippen LogP contribution in [0.3, 0.4) is 0 Å². The number of nitrogens with one attached hydrogen (secondary N) is 1. The summed E-state index contributed by atoms with van der Waals surface area (Å²) in [5, 5.41) is 2.91. The molecule has 0 aromatic carbocycles. The van der Waals surface area contributed by atoms with Gasteiger partial charge in [-0.05, 0) is 25.8 Å². The number of esters is 1. The number of ether oxygens (including phenoxy) is 1. The van der Waals surface area contributed by atoms with Crippen molar-refractivity contribution in [3.8, 4) is 0 Å². The van der Waals surface area contributed by atoms with Crippen molar-refractivity contribution in [2.24, 2.45) is 0 Å². The van der Waals surface area contributed by atoms with Crippen LogP contribution in [0.4, 0.5) is 5.69 Å². The summed E-state index contributed by atoms with van der Waals surface area (Å²) in [6.07, 6.45) is 7.22. The van der Waals surface area contributed by atoms with Crippen LogP contribution in [0.2, 0.25) is 0 Å². The lowest BCUT2D eigenvalue weighted by Gasteiger charge is -2.22. The van der Waals surface area contributed by atoms with Gasteiger partial charge in [-0.3, -0.25) is 4.79 Å². The zero-order valence-corrected chi connectivity index (χ0v) is 12.4. The normalized spacial score (nSPS) is 15.7. The van der Waals surface area contributed by atoms with Crippen molar-refractivity contribution in [2.45, 2.75) is 51.6 Å². The molecule has 0 saturated heterocycles. The van der Waals surface area contributed by atoms with Gasteiger partial charge in [-0.2, -0.15) is 0 Å². The molecule has 1 amide bonds. The Balaban J connectivity index is 1.81. The van der Waals surface area contributed by atoms with Gasteiger partial charge in [0.25, 0.3) is 5.91 Å². The summed E-state index contributed by atoms with van der Waals surface area (Å²) in [5.74, 6) is -0.759. The predicted molar refractivity (Wildman–Crippen MR) is 79.8 cm³/mol. The van der Waals surface area contributed by atoms with Crippen LogP contribution in [0.15, 0.2) is 12.3 Å². The van der Waals surface area contributed by atoms with Gasteiger partial charge < -0.3 is 20.4 Å². The van der Waals surface area contributed by atoms with Crippen LogP contribution in [0.1, 0.15) is 49.5 Å². The second-order valence-corrected chi connectivity index (χ2v) is 5.42. The smallest absolute Gasteiger partial charge is 0.355 e. The maximum atomic E-state index is 12.0. The van der Waals surface area contributed by atoms with Crippen LogP contribution >= 0.6 is 0 Å². The Labute approximate surface area is 124 Å². The van der Waals surface area contributed by atoms with Crippen molar-refractivity contribution in [1.82, 2.24) is 9.88 Å². The Kier molecular flexibility index (Phi) is 5.25. The summed E-state index contributed by atoms with van der Waals surface area (Å²) in [6.45, 7) is 2.28. The summed E-state index contributed by atoms with van der Waals surface area (Å²) in [7, 11) is 0. The standard InChI is InChI=1S/C15H23N3O3/c1-2-18-9-11(16)8-13(18)15(20)21-10-14(19)17-12-6-4-3-5-7-12/h8-9,12H,2-7,10,16H2,1H3,(H,17,19). The molecule has 3 N–H and O–H groups in total. The van der Waals surface area contributed by atoms with Gasteiger partial charge in [0.1, 0.15) is 5.69 Å². The minimum absolute atomic E-state index is 0.222. The van der Waals surface area contributed by atoms with Crippen LogP contribution in [0.5, 0.6) is 0 Å². The molecule has 1 aromatic rings. The number of nitrogens with two attached hydrogens (primary N) is 1. The highest BCUT2D eigenvalue weighted by Crippen LogP contribution is 2.17. The Morgan fingerprint density at radius 3 is 2.76 bits per heavy atom. The summed E-state index contributed by atoms with van der Waals surface area (Å²) in [4.78, 5) is 23.7. The highest BCUT2D eigenvalue weighted by atomic mass is 16.5. The number of carbonyl (C=O) groups is 2. The molecule has 0 radical (unpaired) electrons. The second-order valence-electron chi connectivity index (χ2n) is 5.42. The minimum Gasteiger partial charge on any atom is -0.451 e. The number of carbonyl (C=O) groups excluding carboxylic acids is 2. The third-order valence-corrected chi connectivity index (χ3v) is 3.77. The molecule has 0 spiro atoms. The molecule has 1 heterocycles. The fraction of sp³-hybridized carbons (Fsp3) is 0.600. The van der Waals surface area contributed by atoms with Crippen molar-refractivity contribution in [2.75, 3.05) is 12.3 Å². The number of hydrogen-bond donors (Lipinski definition) is 2. The molecule has 0 unspecified atom stereocenters. The Bertz CT molecular complexity index is 504. The molecule has 6 nitrogen and oxygen atoms in total. The van der Waals surface area contributed by atoms with E-state index in [1.165, 1.54) is 6.42 Å². The van der Waals surface area contributed by atoms with Crippen molar-refractivity contribution in [3.63, 3.8) is 0 Å². The van der Waals surface area contributed by atoms with Crippen molar-refractivity contribution in [3.05, 3.63) is 18.0 Å². The van der Waals surface area contributed by atoms with Crippen LogP contribution in [-0.2, 0) is 16.1 Å². The van der Waals surface area contributed by atoms with Gasteiger partial charge in [-0.25, -0.2) is 4.79 Å². The van der Waals surface area contributed by atoms with Gasteiger partial charge in [0.05, 0.1) is 5.69 Å². The number of nitrogens with zero attached hydrogens (tertiary/aromatic N) is 1. The molecule has 1 fully saturated rings. The number of rotatable bonds is 5. The van der Waals surface area contributed by atoms with Crippen molar-refractivity contribution in [1.29, 1.82) is 0 Å². The number of amides is 1. The average molecular weight is 293 g/mol. The maximum Gasteiger partial charge on any atom is 0.355 e. The first kappa shape index (κ1) is 15.4. The fourth-order valence-electron chi connectivity index (χ4n) is 2.69. The Hall–Kier alpha value is -1.98. The number of aromatic nitrogens is 1. The van der Waals surface area contributed by atoms with Crippen LogP contribution < -0.4 is 11.1 Å². The fourth-order valence-corrected chi connectivity index (χ4v) is 2.69. The first-order valence-corrected chi connectivity index (χ1v) is 7.52.